The van der Waals surface area contributed by atoms with Gasteiger partial charge in [-0.1, -0.05) is 13.8 Å². The van der Waals surface area contributed by atoms with Crippen LogP contribution in [0, 0.1) is 11.3 Å². The zero-order valence-corrected chi connectivity index (χ0v) is 12.9. The third kappa shape index (κ3) is 5.19. The Bertz CT molecular complexity index is 330. The van der Waals surface area contributed by atoms with Gasteiger partial charge in [0.05, 0.1) is 13.2 Å². The molecule has 20 heavy (non-hydrogen) atoms. The Morgan fingerprint density at radius 3 is 1.70 bits per heavy atom. The number of hydrogen-bond acceptors (Lipinski definition) is 6. The third-order valence-electron chi connectivity index (χ3n) is 2.61. The van der Waals surface area contributed by atoms with Crippen LogP contribution in [0.15, 0.2) is 0 Å². The molecule has 0 aromatic heterocycles. The number of ether oxygens (including phenoxy) is 3. The Hall–Kier alpha value is -1.59. The van der Waals surface area contributed by atoms with E-state index in [1.807, 2.05) is 13.8 Å². The van der Waals surface area contributed by atoms with Gasteiger partial charge in [0, 0.05) is 6.92 Å². The van der Waals surface area contributed by atoms with E-state index >= 15 is 0 Å². The van der Waals surface area contributed by atoms with Gasteiger partial charge in [-0.3, -0.25) is 14.4 Å². The van der Waals surface area contributed by atoms with Gasteiger partial charge < -0.3 is 14.2 Å². The van der Waals surface area contributed by atoms with Crippen molar-refractivity contribution in [2.45, 2.75) is 41.0 Å². The topological polar surface area (TPSA) is 78.9 Å². The van der Waals surface area contributed by atoms with E-state index in [0.717, 1.165) is 0 Å². The molecule has 0 heterocycles. The quantitative estimate of drug-likeness (QED) is 0.384. The summed E-state index contributed by atoms with van der Waals surface area (Å²) in [5.41, 5.74) is -1.59. The third-order valence-corrected chi connectivity index (χ3v) is 2.61. The highest BCUT2D eigenvalue weighted by molar-refractivity contribution is 6.00. The molecule has 0 bridgehead atoms. The molecule has 0 unspecified atom stereocenters. The number of rotatable bonds is 8. The minimum Gasteiger partial charge on any atom is -0.465 e. The van der Waals surface area contributed by atoms with Gasteiger partial charge in [-0.15, -0.1) is 0 Å². The van der Waals surface area contributed by atoms with Crippen LogP contribution in [0.5, 0.6) is 0 Å². The Labute approximate surface area is 119 Å². The van der Waals surface area contributed by atoms with Crippen molar-refractivity contribution in [3.8, 4) is 0 Å². The molecule has 0 fully saturated rings. The Balaban J connectivity index is 5.42. The Morgan fingerprint density at radius 1 is 0.950 bits per heavy atom. The van der Waals surface area contributed by atoms with E-state index in [1.54, 1.807) is 13.8 Å². The van der Waals surface area contributed by atoms with Crippen molar-refractivity contribution in [3.63, 3.8) is 0 Å². The molecular weight excluding hydrogens is 264 g/mol. The van der Waals surface area contributed by atoms with E-state index in [2.05, 4.69) is 0 Å². The van der Waals surface area contributed by atoms with Gasteiger partial charge in [-0.25, -0.2) is 0 Å². The maximum atomic E-state index is 12.2. The van der Waals surface area contributed by atoms with Crippen LogP contribution < -0.4 is 0 Å². The molecule has 6 nitrogen and oxygen atoms in total. The van der Waals surface area contributed by atoms with Gasteiger partial charge >= 0.3 is 17.9 Å². The van der Waals surface area contributed by atoms with E-state index in [9.17, 15) is 14.4 Å². The van der Waals surface area contributed by atoms with Crippen molar-refractivity contribution in [2.24, 2.45) is 11.3 Å². The molecule has 0 aromatic rings. The van der Waals surface area contributed by atoms with Gasteiger partial charge in [0.15, 0.2) is 5.41 Å². The van der Waals surface area contributed by atoms with Crippen LogP contribution in [0.3, 0.4) is 0 Å². The average molecular weight is 288 g/mol. The summed E-state index contributed by atoms with van der Waals surface area (Å²) in [6.07, 6.45) is 0.192. The Kier molecular flexibility index (Phi) is 7.87. The van der Waals surface area contributed by atoms with Gasteiger partial charge in [0.2, 0.25) is 0 Å². The minimum absolute atomic E-state index is 0.0272. The number of hydrogen-bond donors (Lipinski definition) is 0. The van der Waals surface area contributed by atoms with E-state index in [1.165, 1.54) is 6.92 Å². The molecule has 0 aliphatic heterocycles. The lowest BCUT2D eigenvalue weighted by Gasteiger charge is -2.29. The van der Waals surface area contributed by atoms with Crippen LogP contribution >= 0.6 is 0 Å². The molecule has 0 rings (SSSR count). The zero-order chi connectivity index (χ0) is 15.8. The molecule has 0 aliphatic rings. The summed E-state index contributed by atoms with van der Waals surface area (Å²) in [5.74, 6) is -1.96. The van der Waals surface area contributed by atoms with Crippen molar-refractivity contribution in [1.29, 1.82) is 0 Å². The van der Waals surface area contributed by atoms with Crippen molar-refractivity contribution in [1.82, 2.24) is 0 Å². The summed E-state index contributed by atoms with van der Waals surface area (Å²) >= 11 is 0. The fourth-order valence-electron chi connectivity index (χ4n) is 1.89. The van der Waals surface area contributed by atoms with E-state index in [-0.39, 0.29) is 32.2 Å². The predicted octanol–water partition coefficient (Wildman–Crippen LogP) is 1.71. The summed E-state index contributed by atoms with van der Waals surface area (Å²) in [6.45, 7) is 8.15. The molecule has 0 saturated carbocycles. The molecule has 0 aliphatic carbocycles. The van der Waals surface area contributed by atoms with Crippen molar-refractivity contribution in [3.05, 3.63) is 0 Å². The van der Waals surface area contributed by atoms with Crippen LogP contribution in [0.4, 0.5) is 0 Å². The minimum atomic E-state index is -1.59. The monoisotopic (exact) mass is 288 g/mol. The van der Waals surface area contributed by atoms with Crippen LogP contribution in [0.1, 0.15) is 41.0 Å². The number of carbonyl (C=O) groups excluding carboxylic acids is 3. The Morgan fingerprint density at radius 2 is 1.40 bits per heavy atom. The standard InChI is InChI=1S/C14H24O6/c1-6-18-12(16)14(8-10(3)4,9-20-11(5)15)13(17)19-7-2/h10H,6-9H2,1-5H3. The van der Waals surface area contributed by atoms with Gasteiger partial charge in [0.25, 0.3) is 0 Å². The highest BCUT2D eigenvalue weighted by Crippen LogP contribution is 2.31. The molecule has 0 atom stereocenters. The molecule has 6 heteroatoms. The predicted molar refractivity (Wildman–Crippen MR) is 71.8 cm³/mol. The van der Waals surface area contributed by atoms with Crippen molar-refractivity contribution < 1.29 is 28.6 Å². The van der Waals surface area contributed by atoms with Crippen molar-refractivity contribution in [2.75, 3.05) is 19.8 Å². The molecule has 0 N–H and O–H groups in total. The second kappa shape index (κ2) is 8.55. The lowest BCUT2D eigenvalue weighted by Crippen LogP contribution is -2.47. The molecule has 0 radical (unpaired) electrons. The number of carbonyl (C=O) groups is 3. The summed E-state index contributed by atoms with van der Waals surface area (Å²) in [6, 6.07) is 0. The summed E-state index contributed by atoms with van der Waals surface area (Å²) in [7, 11) is 0. The molecule has 0 amide bonds. The maximum absolute atomic E-state index is 12.2. The molecule has 0 aromatic carbocycles. The highest BCUT2D eigenvalue weighted by Gasteiger charge is 2.50. The van der Waals surface area contributed by atoms with E-state index < -0.39 is 23.3 Å². The maximum Gasteiger partial charge on any atom is 0.327 e. The second-order valence-corrected chi connectivity index (χ2v) is 4.90. The van der Waals surface area contributed by atoms with Crippen LogP contribution in [0.25, 0.3) is 0 Å². The summed E-state index contributed by atoms with van der Waals surface area (Å²) in [4.78, 5) is 35.4. The first-order valence-corrected chi connectivity index (χ1v) is 6.78. The van der Waals surface area contributed by atoms with Crippen LogP contribution in [-0.2, 0) is 28.6 Å². The lowest BCUT2D eigenvalue weighted by molar-refractivity contribution is -0.179. The van der Waals surface area contributed by atoms with Gasteiger partial charge in [-0.05, 0) is 26.2 Å². The zero-order valence-electron chi connectivity index (χ0n) is 12.9. The first kappa shape index (κ1) is 18.4. The first-order valence-electron chi connectivity index (χ1n) is 6.78. The van der Waals surface area contributed by atoms with Gasteiger partial charge in [-0.2, -0.15) is 0 Å². The fraction of sp³-hybridized carbons (Fsp3) is 0.786. The summed E-state index contributed by atoms with van der Waals surface area (Å²) < 4.78 is 14.9. The lowest BCUT2D eigenvalue weighted by atomic mass is 9.80. The molecule has 116 valence electrons. The van der Waals surface area contributed by atoms with E-state index in [0.29, 0.717) is 0 Å². The second-order valence-electron chi connectivity index (χ2n) is 4.90. The molecule has 0 saturated heterocycles. The SMILES string of the molecule is CCOC(=O)C(COC(C)=O)(CC(C)C)C(=O)OCC. The molecule has 0 spiro atoms. The first-order chi connectivity index (χ1) is 9.30. The number of esters is 3. The normalized spacial score (nSPS) is 11.1. The largest absolute Gasteiger partial charge is 0.465 e. The van der Waals surface area contributed by atoms with Crippen LogP contribution in [-0.4, -0.2) is 37.7 Å². The van der Waals surface area contributed by atoms with Crippen LogP contribution in [0.2, 0.25) is 0 Å². The highest BCUT2D eigenvalue weighted by atomic mass is 16.6. The smallest absolute Gasteiger partial charge is 0.327 e. The van der Waals surface area contributed by atoms with Gasteiger partial charge in [0.1, 0.15) is 6.61 Å². The fourth-order valence-corrected chi connectivity index (χ4v) is 1.89. The van der Waals surface area contributed by atoms with Crippen molar-refractivity contribution >= 4 is 17.9 Å². The molecular formula is C14H24O6. The van der Waals surface area contributed by atoms with E-state index in [4.69, 9.17) is 14.2 Å². The average Bonchev–Trinajstić information content (AvgIpc) is 2.34. The summed E-state index contributed by atoms with van der Waals surface area (Å²) in [5, 5.41) is 0.